The highest BCUT2D eigenvalue weighted by atomic mass is 16.5. The molecular weight excluding hydrogens is 242 g/mol. The molecule has 2 aliphatic rings. The first kappa shape index (κ1) is 12.8. The minimum absolute atomic E-state index is 0.118. The highest BCUT2D eigenvalue weighted by Gasteiger charge is 2.41. The van der Waals surface area contributed by atoms with Crippen molar-refractivity contribution in [1.82, 2.24) is 10.3 Å². The number of aromatic nitrogens is 1. The first-order valence-corrected chi connectivity index (χ1v) is 6.94. The second kappa shape index (κ2) is 5.86. The lowest BCUT2D eigenvalue weighted by Crippen LogP contribution is -2.42. The number of nitrogens with zero attached hydrogens (tertiary/aromatic N) is 1. The Hall–Kier alpha value is -1.17. The van der Waals surface area contributed by atoms with Crippen LogP contribution in [0.15, 0.2) is 24.4 Å². The Kier molecular flexibility index (Phi) is 3.96. The molecular formula is C14H21N3O2. The predicted octanol–water partition coefficient (Wildman–Crippen LogP) is 0.889. The van der Waals surface area contributed by atoms with Gasteiger partial charge in [0.2, 0.25) is 0 Å². The molecule has 0 amide bonds. The molecule has 2 saturated heterocycles. The highest BCUT2D eigenvalue weighted by molar-refractivity contribution is 5.33. The number of hydrogen-bond acceptors (Lipinski definition) is 5. The summed E-state index contributed by atoms with van der Waals surface area (Å²) in [7, 11) is 0. The van der Waals surface area contributed by atoms with Crippen LogP contribution in [0.1, 0.15) is 6.42 Å². The van der Waals surface area contributed by atoms with Gasteiger partial charge in [-0.2, -0.15) is 0 Å². The maximum Gasteiger partial charge on any atom is 0.125 e. The van der Waals surface area contributed by atoms with Gasteiger partial charge in [0.15, 0.2) is 0 Å². The minimum Gasteiger partial charge on any atom is -0.377 e. The van der Waals surface area contributed by atoms with Crippen molar-refractivity contribution in [3.05, 3.63) is 24.4 Å². The molecule has 0 saturated carbocycles. The Balaban J connectivity index is 1.51. The number of nitrogens with one attached hydrogen (secondary N) is 2. The summed E-state index contributed by atoms with van der Waals surface area (Å²) in [4.78, 5) is 4.27. The van der Waals surface area contributed by atoms with Crippen molar-refractivity contribution >= 4 is 5.82 Å². The summed E-state index contributed by atoms with van der Waals surface area (Å²) in [5.74, 6) is 1.45. The van der Waals surface area contributed by atoms with E-state index in [0.717, 1.165) is 45.1 Å². The van der Waals surface area contributed by atoms with Crippen molar-refractivity contribution in [3.63, 3.8) is 0 Å². The molecule has 2 N–H and O–H groups in total. The van der Waals surface area contributed by atoms with E-state index in [2.05, 4.69) is 15.6 Å². The number of hydrogen-bond donors (Lipinski definition) is 2. The van der Waals surface area contributed by atoms with Crippen LogP contribution >= 0.6 is 0 Å². The van der Waals surface area contributed by atoms with Crippen LogP contribution in [-0.4, -0.2) is 50.0 Å². The van der Waals surface area contributed by atoms with Crippen molar-refractivity contribution in [1.29, 1.82) is 0 Å². The second-order valence-electron chi connectivity index (χ2n) is 5.39. The summed E-state index contributed by atoms with van der Waals surface area (Å²) >= 11 is 0. The minimum atomic E-state index is -0.118. The summed E-state index contributed by atoms with van der Waals surface area (Å²) < 4.78 is 11.6. The molecule has 0 aromatic carbocycles. The molecule has 5 heteroatoms. The van der Waals surface area contributed by atoms with E-state index in [1.54, 1.807) is 6.20 Å². The third-order valence-electron chi connectivity index (χ3n) is 3.76. The van der Waals surface area contributed by atoms with Gasteiger partial charge in [-0.05, 0) is 18.6 Å². The van der Waals surface area contributed by atoms with Crippen LogP contribution in [0.25, 0.3) is 0 Å². The Morgan fingerprint density at radius 1 is 1.47 bits per heavy atom. The normalized spacial score (nSPS) is 31.3. The smallest absolute Gasteiger partial charge is 0.125 e. The number of pyridine rings is 1. The van der Waals surface area contributed by atoms with E-state index >= 15 is 0 Å². The average Bonchev–Trinajstić information content (AvgIpc) is 2.70. The van der Waals surface area contributed by atoms with E-state index in [9.17, 15) is 0 Å². The van der Waals surface area contributed by atoms with Crippen LogP contribution in [0.4, 0.5) is 5.82 Å². The summed E-state index contributed by atoms with van der Waals surface area (Å²) in [6.45, 7) is 5.00. The van der Waals surface area contributed by atoms with Crippen molar-refractivity contribution in [2.45, 2.75) is 12.0 Å². The van der Waals surface area contributed by atoms with Gasteiger partial charge in [-0.3, -0.25) is 0 Å². The molecule has 5 nitrogen and oxygen atoms in total. The van der Waals surface area contributed by atoms with E-state index in [4.69, 9.17) is 9.47 Å². The van der Waals surface area contributed by atoms with Crippen molar-refractivity contribution in [2.24, 2.45) is 5.92 Å². The van der Waals surface area contributed by atoms with Gasteiger partial charge in [0.05, 0.1) is 19.8 Å². The van der Waals surface area contributed by atoms with Gasteiger partial charge >= 0.3 is 0 Å². The Morgan fingerprint density at radius 3 is 3.37 bits per heavy atom. The van der Waals surface area contributed by atoms with Gasteiger partial charge < -0.3 is 20.1 Å². The van der Waals surface area contributed by atoms with Gasteiger partial charge in [-0.25, -0.2) is 4.98 Å². The maximum atomic E-state index is 6.01. The van der Waals surface area contributed by atoms with E-state index in [1.807, 2.05) is 18.2 Å². The summed E-state index contributed by atoms with van der Waals surface area (Å²) in [6, 6.07) is 5.90. The zero-order chi connectivity index (χ0) is 13.0. The van der Waals surface area contributed by atoms with Gasteiger partial charge in [0.25, 0.3) is 0 Å². The van der Waals surface area contributed by atoms with Crippen LogP contribution in [0.2, 0.25) is 0 Å². The first-order chi connectivity index (χ1) is 9.36. The van der Waals surface area contributed by atoms with Crippen molar-refractivity contribution in [3.8, 4) is 0 Å². The van der Waals surface area contributed by atoms with Gasteiger partial charge in [-0.1, -0.05) is 6.07 Å². The van der Waals surface area contributed by atoms with Gasteiger partial charge in [0.1, 0.15) is 11.4 Å². The SMILES string of the molecule is c1ccc(NC[C@@H]2CO[C@]3(CNCCOC3)C2)nc1. The molecule has 104 valence electrons. The van der Waals surface area contributed by atoms with Crippen LogP contribution in [0.5, 0.6) is 0 Å². The zero-order valence-corrected chi connectivity index (χ0v) is 11.1. The topological polar surface area (TPSA) is 55.4 Å². The molecule has 1 aromatic heterocycles. The maximum absolute atomic E-state index is 6.01. The molecule has 3 rings (SSSR count). The molecule has 1 aromatic rings. The van der Waals surface area contributed by atoms with E-state index in [0.29, 0.717) is 12.5 Å². The molecule has 0 aliphatic carbocycles. The lowest BCUT2D eigenvalue weighted by molar-refractivity contribution is -0.0471. The lowest BCUT2D eigenvalue weighted by atomic mass is 9.94. The third-order valence-corrected chi connectivity index (χ3v) is 3.76. The predicted molar refractivity (Wildman–Crippen MR) is 73.2 cm³/mol. The number of ether oxygens (including phenoxy) is 2. The number of rotatable bonds is 3. The van der Waals surface area contributed by atoms with Crippen LogP contribution < -0.4 is 10.6 Å². The molecule has 0 unspecified atom stereocenters. The molecule has 2 fully saturated rings. The molecule has 2 atom stereocenters. The first-order valence-electron chi connectivity index (χ1n) is 6.94. The summed E-state index contributed by atoms with van der Waals surface area (Å²) in [6.07, 6.45) is 2.85. The second-order valence-corrected chi connectivity index (χ2v) is 5.39. The van der Waals surface area contributed by atoms with Gasteiger partial charge in [0, 0.05) is 31.7 Å². The fourth-order valence-electron chi connectivity index (χ4n) is 2.78. The summed E-state index contributed by atoms with van der Waals surface area (Å²) in [5, 5.41) is 6.76. The van der Waals surface area contributed by atoms with Crippen molar-refractivity contribution < 1.29 is 9.47 Å². The quantitative estimate of drug-likeness (QED) is 0.848. The molecule has 2 aliphatic heterocycles. The van der Waals surface area contributed by atoms with E-state index in [-0.39, 0.29) is 5.60 Å². The van der Waals surface area contributed by atoms with Crippen LogP contribution in [0, 0.1) is 5.92 Å². The fourth-order valence-corrected chi connectivity index (χ4v) is 2.78. The molecule has 0 radical (unpaired) electrons. The Bertz CT molecular complexity index is 391. The molecule has 19 heavy (non-hydrogen) atoms. The van der Waals surface area contributed by atoms with Gasteiger partial charge in [-0.15, -0.1) is 0 Å². The largest absolute Gasteiger partial charge is 0.377 e. The Labute approximate surface area is 113 Å². The summed E-state index contributed by atoms with van der Waals surface area (Å²) in [5.41, 5.74) is -0.118. The van der Waals surface area contributed by atoms with Crippen LogP contribution in [-0.2, 0) is 9.47 Å². The monoisotopic (exact) mass is 263 g/mol. The standard InChI is InChI=1S/C14H21N3O2/c1-2-4-16-13(3-1)17-8-12-7-14(19-9-12)10-15-5-6-18-11-14/h1-4,12,15H,5-11H2,(H,16,17)/t12-,14+/m1/s1. The number of anilines is 1. The molecule has 1 spiro atoms. The highest BCUT2D eigenvalue weighted by Crippen LogP contribution is 2.31. The van der Waals surface area contributed by atoms with Crippen LogP contribution in [0.3, 0.4) is 0 Å². The van der Waals surface area contributed by atoms with Crippen molar-refractivity contribution in [2.75, 3.05) is 44.8 Å². The fraction of sp³-hybridized carbons (Fsp3) is 0.643. The zero-order valence-electron chi connectivity index (χ0n) is 11.1. The molecule has 3 heterocycles. The molecule has 0 bridgehead atoms. The average molecular weight is 263 g/mol. The lowest BCUT2D eigenvalue weighted by Gasteiger charge is -2.25. The van der Waals surface area contributed by atoms with E-state index < -0.39 is 0 Å². The van der Waals surface area contributed by atoms with E-state index in [1.165, 1.54) is 0 Å². The Morgan fingerprint density at radius 2 is 2.47 bits per heavy atom. The third kappa shape index (κ3) is 3.23.